The molecule has 2 rings (SSSR count). The van der Waals surface area contributed by atoms with Crippen LogP contribution in [-0.2, 0) is 17.9 Å². The van der Waals surface area contributed by atoms with Gasteiger partial charge in [-0.2, -0.15) is 0 Å². The molecule has 0 atom stereocenters. The molecule has 0 unspecified atom stereocenters. The van der Waals surface area contributed by atoms with E-state index in [1.807, 2.05) is 0 Å². The molecule has 94 valence electrons. The number of rotatable bonds is 5. The van der Waals surface area contributed by atoms with Gasteiger partial charge in [-0.05, 0) is 37.1 Å². The summed E-state index contributed by atoms with van der Waals surface area (Å²) in [6.45, 7) is 3.94. The molecular formula is C14H22N2O. The van der Waals surface area contributed by atoms with Crippen LogP contribution in [0.5, 0.6) is 0 Å². The van der Waals surface area contributed by atoms with Gasteiger partial charge in [-0.15, -0.1) is 0 Å². The highest BCUT2D eigenvalue weighted by Crippen LogP contribution is 2.08. The zero-order valence-corrected chi connectivity index (χ0v) is 10.5. The smallest absolute Gasteiger partial charge is 0.0713 e. The molecule has 1 heterocycles. The molecule has 1 fully saturated rings. The number of nitrogens with one attached hydrogen (secondary N) is 2. The van der Waals surface area contributed by atoms with Crippen molar-refractivity contribution < 1.29 is 4.74 Å². The van der Waals surface area contributed by atoms with Gasteiger partial charge in [-0.1, -0.05) is 24.3 Å². The van der Waals surface area contributed by atoms with Crippen LogP contribution in [0.15, 0.2) is 24.3 Å². The fraction of sp³-hybridized carbons (Fsp3) is 0.571. The third kappa shape index (κ3) is 4.11. The van der Waals surface area contributed by atoms with Crippen molar-refractivity contribution >= 4 is 0 Å². The lowest BCUT2D eigenvalue weighted by Gasteiger charge is -2.23. The summed E-state index contributed by atoms with van der Waals surface area (Å²) in [5.41, 5.74) is 2.59. The van der Waals surface area contributed by atoms with E-state index >= 15 is 0 Å². The molecule has 0 saturated carbocycles. The second-order valence-electron chi connectivity index (χ2n) is 4.66. The van der Waals surface area contributed by atoms with Gasteiger partial charge in [0.1, 0.15) is 0 Å². The molecule has 0 aromatic heterocycles. The summed E-state index contributed by atoms with van der Waals surface area (Å²) in [7, 11) is 1.74. The minimum Gasteiger partial charge on any atom is -0.380 e. The van der Waals surface area contributed by atoms with Crippen molar-refractivity contribution in [2.45, 2.75) is 32.0 Å². The maximum Gasteiger partial charge on any atom is 0.0713 e. The van der Waals surface area contributed by atoms with Crippen LogP contribution in [0.1, 0.15) is 24.0 Å². The molecule has 0 radical (unpaired) electrons. The minimum atomic E-state index is 0.669. The highest BCUT2D eigenvalue weighted by Gasteiger charge is 2.11. The summed E-state index contributed by atoms with van der Waals surface area (Å²) in [4.78, 5) is 0. The van der Waals surface area contributed by atoms with Crippen molar-refractivity contribution in [2.24, 2.45) is 0 Å². The Morgan fingerprint density at radius 3 is 2.82 bits per heavy atom. The molecule has 3 nitrogen and oxygen atoms in total. The van der Waals surface area contributed by atoms with Crippen LogP contribution in [0.3, 0.4) is 0 Å². The van der Waals surface area contributed by atoms with Crippen molar-refractivity contribution in [2.75, 3.05) is 20.2 Å². The van der Waals surface area contributed by atoms with E-state index in [9.17, 15) is 0 Å². The number of hydrogen-bond donors (Lipinski definition) is 2. The van der Waals surface area contributed by atoms with E-state index in [0.717, 1.165) is 19.6 Å². The van der Waals surface area contributed by atoms with Gasteiger partial charge in [-0.25, -0.2) is 0 Å². The molecule has 0 aliphatic carbocycles. The molecule has 0 spiro atoms. The van der Waals surface area contributed by atoms with Gasteiger partial charge >= 0.3 is 0 Å². The first-order valence-electron chi connectivity index (χ1n) is 6.39. The Balaban J connectivity index is 1.83. The average Bonchev–Trinajstić information content (AvgIpc) is 2.39. The molecule has 17 heavy (non-hydrogen) atoms. The summed E-state index contributed by atoms with van der Waals surface area (Å²) in [6.07, 6.45) is 2.47. The third-order valence-corrected chi connectivity index (χ3v) is 3.24. The van der Waals surface area contributed by atoms with Gasteiger partial charge in [-0.3, -0.25) is 0 Å². The molecule has 1 aliphatic heterocycles. The van der Waals surface area contributed by atoms with Crippen LogP contribution >= 0.6 is 0 Å². The van der Waals surface area contributed by atoms with E-state index in [4.69, 9.17) is 4.74 Å². The highest BCUT2D eigenvalue weighted by atomic mass is 16.5. The van der Waals surface area contributed by atoms with Crippen molar-refractivity contribution in [3.05, 3.63) is 35.4 Å². The summed E-state index contributed by atoms with van der Waals surface area (Å²) < 4.78 is 5.15. The molecule has 2 N–H and O–H groups in total. The van der Waals surface area contributed by atoms with Gasteiger partial charge in [0.05, 0.1) is 6.61 Å². The molecule has 1 aromatic rings. The predicted octanol–water partition coefficient (Wildman–Crippen LogP) is 1.67. The largest absolute Gasteiger partial charge is 0.380 e. The monoisotopic (exact) mass is 234 g/mol. The van der Waals surface area contributed by atoms with Crippen LogP contribution < -0.4 is 10.6 Å². The summed E-state index contributed by atoms with van der Waals surface area (Å²) in [6, 6.07) is 9.28. The highest BCUT2D eigenvalue weighted by molar-refractivity contribution is 5.22. The van der Waals surface area contributed by atoms with E-state index in [1.165, 1.54) is 24.0 Å². The van der Waals surface area contributed by atoms with Crippen LogP contribution in [0.25, 0.3) is 0 Å². The van der Waals surface area contributed by atoms with Gasteiger partial charge in [0.2, 0.25) is 0 Å². The lowest BCUT2D eigenvalue weighted by atomic mass is 10.1. The standard InChI is InChI=1S/C14H22N2O/c1-17-11-13-4-2-3-12(9-13)10-16-14-5-7-15-8-6-14/h2-4,9,14-16H,5-8,10-11H2,1H3. The maximum absolute atomic E-state index is 5.15. The quantitative estimate of drug-likeness (QED) is 0.813. The fourth-order valence-corrected chi connectivity index (χ4v) is 2.28. The Kier molecular flexibility index (Phi) is 4.98. The van der Waals surface area contributed by atoms with Crippen LogP contribution in [0.2, 0.25) is 0 Å². The van der Waals surface area contributed by atoms with Crippen LogP contribution in [-0.4, -0.2) is 26.2 Å². The number of benzene rings is 1. The van der Waals surface area contributed by atoms with E-state index in [2.05, 4.69) is 34.9 Å². The van der Waals surface area contributed by atoms with Crippen LogP contribution in [0, 0.1) is 0 Å². The molecule has 3 heteroatoms. The van der Waals surface area contributed by atoms with Crippen molar-refractivity contribution in [1.82, 2.24) is 10.6 Å². The zero-order valence-electron chi connectivity index (χ0n) is 10.5. The fourth-order valence-electron chi connectivity index (χ4n) is 2.28. The lowest BCUT2D eigenvalue weighted by Crippen LogP contribution is -2.39. The number of ether oxygens (including phenoxy) is 1. The Morgan fingerprint density at radius 2 is 2.06 bits per heavy atom. The van der Waals surface area contributed by atoms with Gasteiger partial charge in [0, 0.05) is 19.7 Å². The maximum atomic E-state index is 5.15. The van der Waals surface area contributed by atoms with E-state index in [-0.39, 0.29) is 0 Å². The first kappa shape index (κ1) is 12.6. The van der Waals surface area contributed by atoms with Gasteiger partial charge < -0.3 is 15.4 Å². The SMILES string of the molecule is COCc1cccc(CNC2CCNCC2)c1. The molecule has 1 saturated heterocycles. The van der Waals surface area contributed by atoms with Gasteiger partial charge in [0.15, 0.2) is 0 Å². The molecule has 1 aliphatic rings. The Bertz CT molecular complexity index is 335. The summed E-state index contributed by atoms with van der Waals surface area (Å²) in [5, 5.41) is 7.01. The predicted molar refractivity (Wildman–Crippen MR) is 69.9 cm³/mol. The number of piperidine rings is 1. The van der Waals surface area contributed by atoms with Gasteiger partial charge in [0.25, 0.3) is 0 Å². The van der Waals surface area contributed by atoms with E-state index in [0.29, 0.717) is 12.6 Å². The number of hydrogen-bond acceptors (Lipinski definition) is 3. The summed E-state index contributed by atoms with van der Waals surface area (Å²) in [5.74, 6) is 0. The second-order valence-corrected chi connectivity index (χ2v) is 4.66. The summed E-state index contributed by atoms with van der Waals surface area (Å²) >= 11 is 0. The van der Waals surface area contributed by atoms with Crippen molar-refractivity contribution in [3.8, 4) is 0 Å². The van der Waals surface area contributed by atoms with E-state index in [1.54, 1.807) is 7.11 Å². The number of methoxy groups -OCH3 is 1. The van der Waals surface area contributed by atoms with E-state index < -0.39 is 0 Å². The molecule has 1 aromatic carbocycles. The normalized spacial score (nSPS) is 17.2. The first-order chi connectivity index (χ1) is 8.38. The lowest BCUT2D eigenvalue weighted by molar-refractivity contribution is 0.185. The average molecular weight is 234 g/mol. The van der Waals surface area contributed by atoms with Crippen molar-refractivity contribution in [1.29, 1.82) is 0 Å². The van der Waals surface area contributed by atoms with Crippen molar-refractivity contribution in [3.63, 3.8) is 0 Å². The minimum absolute atomic E-state index is 0.669. The molecular weight excluding hydrogens is 212 g/mol. The Morgan fingerprint density at radius 1 is 1.29 bits per heavy atom. The Labute approximate surface area is 104 Å². The van der Waals surface area contributed by atoms with Crippen LogP contribution in [0.4, 0.5) is 0 Å². The zero-order chi connectivity index (χ0) is 11.9. The topological polar surface area (TPSA) is 33.3 Å². The molecule has 0 amide bonds. The second kappa shape index (κ2) is 6.74. The first-order valence-corrected chi connectivity index (χ1v) is 6.39. The third-order valence-electron chi connectivity index (χ3n) is 3.24. The Hall–Kier alpha value is -0.900. The molecule has 0 bridgehead atoms.